The maximum absolute atomic E-state index is 13.1. The highest BCUT2D eigenvalue weighted by atomic mass is 32.1. The number of phenolic OH excluding ortho intramolecular Hbond substituents is 1. The Balaban J connectivity index is 2.06. The van der Waals surface area contributed by atoms with Gasteiger partial charge in [0.05, 0.1) is 5.39 Å². The van der Waals surface area contributed by atoms with Crippen LogP contribution in [-0.2, 0) is 0 Å². The number of fused-ring (bicyclic) bond motifs is 2. The second kappa shape index (κ2) is 7.42. The van der Waals surface area contributed by atoms with E-state index in [0.717, 1.165) is 52.2 Å². The zero-order valence-corrected chi connectivity index (χ0v) is 15.7. The van der Waals surface area contributed by atoms with E-state index in [1.54, 1.807) is 29.5 Å². The van der Waals surface area contributed by atoms with Crippen molar-refractivity contribution in [1.29, 1.82) is 0 Å². The number of benzene rings is 2. The van der Waals surface area contributed by atoms with Crippen LogP contribution < -0.4 is 10.7 Å². The summed E-state index contributed by atoms with van der Waals surface area (Å²) in [4.78, 5) is 15.4. The minimum absolute atomic E-state index is 0.0257. The quantitative estimate of drug-likeness (QED) is 0.651. The Hall–Kier alpha value is -2.11. The van der Waals surface area contributed by atoms with Gasteiger partial charge in [-0.1, -0.05) is 19.9 Å². The molecule has 0 saturated heterocycles. The van der Waals surface area contributed by atoms with Gasteiger partial charge in [-0.25, -0.2) is 0 Å². The van der Waals surface area contributed by atoms with Crippen molar-refractivity contribution in [3.8, 4) is 5.75 Å². The van der Waals surface area contributed by atoms with Gasteiger partial charge in [0, 0.05) is 33.6 Å². The van der Waals surface area contributed by atoms with E-state index < -0.39 is 0 Å². The molecular formula is C20H24N2O2S. The lowest BCUT2D eigenvalue weighted by atomic mass is 10.1. The molecule has 0 aliphatic rings. The van der Waals surface area contributed by atoms with Crippen LogP contribution in [-0.4, -0.2) is 36.2 Å². The smallest absolute Gasteiger partial charge is 0.197 e. The number of aromatic hydroxyl groups is 1. The fourth-order valence-electron chi connectivity index (χ4n) is 3.11. The summed E-state index contributed by atoms with van der Waals surface area (Å²) in [5, 5.41) is 14.6. The minimum atomic E-state index is 0.0257. The van der Waals surface area contributed by atoms with Crippen molar-refractivity contribution in [2.75, 3.05) is 31.5 Å². The molecule has 0 amide bonds. The van der Waals surface area contributed by atoms with E-state index in [4.69, 9.17) is 0 Å². The normalized spacial score (nSPS) is 11.5. The summed E-state index contributed by atoms with van der Waals surface area (Å²) in [6.45, 7) is 10.1. The molecule has 1 heterocycles. The van der Waals surface area contributed by atoms with Crippen LogP contribution in [0.25, 0.3) is 20.2 Å². The largest absolute Gasteiger partial charge is 0.508 e. The van der Waals surface area contributed by atoms with Gasteiger partial charge < -0.3 is 15.3 Å². The van der Waals surface area contributed by atoms with Gasteiger partial charge in [0.25, 0.3) is 0 Å². The molecule has 0 aliphatic carbocycles. The molecule has 0 atom stereocenters. The summed E-state index contributed by atoms with van der Waals surface area (Å²) < 4.78 is 1.80. The lowest BCUT2D eigenvalue weighted by molar-refractivity contribution is 0.316. The van der Waals surface area contributed by atoms with E-state index in [9.17, 15) is 9.90 Å². The third kappa shape index (κ3) is 3.48. The summed E-state index contributed by atoms with van der Waals surface area (Å²) in [5.74, 6) is 0.189. The molecule has 25 heavy (non-hydrogen) atoms. The van der Waals surface area contributed by atoms with Gasteiger partial charge in [-0.2, -0.15) is 0 Å². The lowest BCUT2D eigenvalue weighted by Crippen LogP contribution is -2.28. The van der Waals surface area contributed by atoms with Gasteiger partial charge in [-0.05, 0) is 49.8 Å². The molecule has 0 fully saturated rings. The maximum atomic E-state index is 13.1. The highest BCUT2D eigenvalue weighted by molar-refractivity contribution is 7.24. The van der Waals surface area contributed by atoms with Gasteiger partial charge in [0.2, 0.25) is 0 Å². The van der Waals surface area contributed by atoms with Crippen LogP contribution in [0.3, 0.4) is 0 Å². The lowest BCUT2D eigenvalue weighted by Gasteiger charge is -2.19. The Morgan fingerprint density at radius 2 is 1.92 bits per heavy atom. The van der Waals surface area contributed by atoms with Crippen molar-refractivity contribution in [1.82, 2.24) is 4.90 Å². The number of phenols is 1. The number of anilines is 1. The Kier molecular flexibility index (Phi) is 5.25. The highest BCUT2D eigenvalue weighted by Crippen LogP contribution is 2.32. The zero-order valence-electron chi connectivity index (χ0n) is 14.9. The van der Waals surface area contributed by atoms with Gasteiger partial charge in [-0.3, -0.25) is 4.79 Å². The van der Waals surface area contributed by atoms with Crippen LogP contribution in [0.5, 0.6) is 5.75 Å². The fourth-order valence-corrected chi connectivity index (χ4v) is 4.31. The van der Waals surface area contributed by atoms with Gasteiger partial charge in [-0.15, -0.1) is 11.3 Å². The van der Waals surface area contributed by atoms with E-state index in [-0.39, 0.29) is 11.2 Å². The molecule has 2 aromatic carbocycles. The predicted octanol–water partition coefficient (Wildman–Crippen LogP) is 4.18. The Morgan fingerprint density at radius 3 is 2.64 bits per heavy atom. The van der Waals surface area contributed by atoms with Crippen molar-refractivity contribution in [2.24, 2.45) is 0 Å². The van der Waals surface area contributed by atoms with Crippen molar-refractivity contribution >= 4 is 37.2 Å². The molecular weight excluding hydrogens is 332 g/mol. The molecule has 0 saturated carbocycles. The van der Waals surface area contributed by atoms with Crippen LogP contribution in [0.15, 0.2) is 35.1 Å². The van der Waals surface area contributed by atoms with E-state index in [1.807, 2.05) is 19.1 Å². The number of nitrogens with zero attached hydrogens (tertiary/aromatic N) is 1. The highest BCUT2D eigenvalue weighted by Gasteiger charge is 2.12. The van der Waals surface area contributed by atoms with Crippen LogP contribution >= 0.6 is 11.3 Å². The van der Waals surface area contributed by atoms with E-state index in [2.05, 4.69) is 24.1 Å². The topological polar surface area (TPSA) is 52.6 Å². The number of hydrogen-bond acceptors (Lipinski definition) is 5. The number of aryl methyl sites for hydroxylation is 1. The first kappa shape index (κ1) is 17.7. The Labute approximate surface area is 151 Å². The summed E-state index contributed by atoms with van der Waals surface area (Å²) in [5.41, 5.74) is 2.00. The van der Waals surface area contributed by atoms with Crippen molar-refractivity contribution in [2.45, 2.75) is 20.8 Å². The second-order valence-corrected chi connectivity index (χ2v) is 7.25. The summed E-state index contributed by atoms with van der Waals surface area (Å²) >= 11 is 1.56. The third-order valence-corrected chi connectivity index (χ3v) is 5.93. The van der Waals surface area contributed by atoms with Crippen molar-refractivity contribution in [3.05, 3.63) is 46.1 Å². The van der Waals surface area contributed by atoms with E-state index >= 15 is 0 Å². The molecule has 3 aromatic rings. The van der Waals surface area contributed by atoms with E-state index in [1.165, 1.54) is 0 Å². The Bertz CT molecular complexity index is 961. The van der Waals surface area contributed by atoms with Crippen LogP contribution in [0.4, 0.5) is 5.69 Å². The van der Waals surface area contributed by atoms with Gasteiger partial charge in [0.15, 0.2) is 5.43 Å². The van der Waals surface area contributed by atoms with Crippen LogP contribution in [0.1, 0.15) is 19.4 Å². The number of likely N-dealkylation sites (N-methyl/N-ethyl adjacent to an activating group) is 1. The molecule has 5 heteroatoms. The summed E-state index contributed by atoms with van der Waals surface area (Å²) in [7, 11) is 0. The van der Waals surface area contributed by atoms with E-state index in [0.29, 0.717) is 5.39 Å². The van der Waals surface area contributed by atoms with Crippen LogP contribution in [0, 0.1) is 6.92 Å². The maximum Gasteiger partial charge on any atom is 0.197 e. The second-order valence-electron chi connectivity index (χ2n) is 6.20. The number of hydrogen-bond donors (Lipinski definition) is 2. The third-order valence-electron chi connectivity index (χ3n) is 4.64. The summed E-state index contributed by atoms with van der Waals surface area (Å²) in [6.07, 6.45) is 0. The fraction of sp³-hybridized carbons (Fsp3) is 0.350. The average Bonchev–Trinajstić information content (AvgIpc) is 2.60. The first-order valence-electron chi connectivity index (χ1n) is 8.70. The molecule has 132 valence electrons. The molecule has 0 spiro atoms. The molecule has 0 bridgehead atoms. The SMILES string of the molecule is CCN(CC)CCNc1ccc(C)c2sc3cc(O)ccc3c(=O)c12. The average molecular weight is 356 g/mol. The standard InChI is InChI=1S/C20H24N2O2S/c1-4-22(5-2)11-10-21-16-9-6-13(3)20-18(16)19(24)15-8-7-14(23)12-17(15)25-20/h6-9,12,21,23H,4-5,10-11H2,1-3H3. The first-order chi connectivity index (χ1) is 12.0. The zero-order chi connectivity index (χ0) is 18.0. The number of nitrogens with one attached hydrogen (secondary N) is 1. The van der Waals surface area contributed by atoms with Crippen LogP contribution in [0.2, 0.25) is 0 Å². The molecule has 0 unspecified atom stereocenters. The molecule has 2 N–H and O–H groups in total. The molecule has 4 nitrogen and oxygen atoms in total. The molecule has 0 radical (unpaired) electrons. The molecule has 3 rings (SSSR count). The van der Waals surface area contributed by atoms with Crippen molar-refractivity contribution < 1.29 is 5.11 Å². The predicted molar refractivity (Wildman–Crippen MR) is 108 cm³/mol. The van der Waals surface area contributed by atoms with Crippen molar-refractivity contribution in [3.63, 3.8) is 0 Å². The minimum Gasteiger partial charge on any atom is -0.508 e. The summed E-state index contributed by atoms with van der Waals surface area (Å²) in [6, 6.07) is 9.00. The molecule has 0 aliphatic heterocycles. The van der Waals surface area contributed by atoms with Gasteiger partial charge >= 0.3 is 0 Å². The first-order valence-corrected chi connectivity index (χ1v) is 9.52. The number of rotatable bonds is 6. The monoisotopic (exact) mass is 356 g/mol. The molecule has 1 aromatic heterocycles. The Morgan fingerprint density at radius 1 is 1.16 bits per heavy atom. The van der Waals surface area contributed by atoms with Gasteiger partial charge in [0.1, 0.15) is 5.75 Å².